The average Bonchev–Trinajstić information content (AvgIpc) is 2.75. The van der Waals surface area contributed by atoms with Crippen LogP contribution in [0.4, 0.5) is 11.5 Å². The molecule has 1 aromatic heterocycles. The van der Waals surface area contributed by atoms with Crippen LogP contribution in [0, 0.1) is 6.92 Å². The van der Waals surface area contributed by atoms with Crippen molar-refractivity contribution in [3.63, 3.8) is 0 Å². The van der Waals surface area contributed by atoms with E-state index in [1.165, 1.54) is 0 Å². The lowest BCUT2D eigenvalue weighted by molar-refractivity contribution is -0.880. The van der Waals surface area contributed by atoms with Gasteiger partial charge in [-0.1, -0.05) is 42.0 Å². The van der Waals surface area contributed by atoms with E-state index in [0.29, 0.717) is 6.42 Å². The normalized spacial score (nSPS) is 14.5. The number of aryl methyl sites for hydroxylation is 1. The molecule has 1 amide bonds. The molecule has 2 N–H and O–H groups in total. The Hall–Kier alpha value is -3.25. The molecule has 2 aromatic carbocycles. The molecular formula is C24H28N5O+. The fourth-order valence-corrected chi connectivity index (χ4v) is 3.70. The van der Waals surface area contributed by atoms with Gasteiger partial charge in [-0.25, -0.2) is 0 Å². The molecule has 1 aliphatic heterocycles. The fourth-order valence-electron chi connectivity index (χ4n) is 3.70. The summed E-state index contributed by atoms with van der Waals surface area (Å²) < 4.78 is 0. The Morgan fingerprint density at radius 2 is 1.80 bits per heavy atom. The molecule has 0 aliphatic carbocycles. The molecule has 3 aromatic rings. The number of carbonyl (C=O) groups excluding carboxylic acids is 1. The Balaban J connectivity index is 1.36. The van der Waals surface area contributed by atoms with Gasteiger partial charge >= 0.3 is 0 Å². The number of hydrogen-bond acceptors (Lipinski definition) is 4. The first-order chi connectivity index (χ1) is 14.6. The third kappa shape index (κ3) is 5.02. The van der Waals surface area contributed by atoms with Crippen molar-refractivity contribution in [3.05, 3.63) is 71.8 Å². The molecule has 1 aliphatic rings. The number of piperazine rings is 1. The van der Waals surface area contributed by atoms with Crippen molar-refractivity contribution in [2.45, 2.75) is 13.3 Å². The summed E-state index contributed by atoms with van der Waals surface area (Å²) in [6.07, 6.45) is 0.365. The standard InChI is InChI=1S/C24H27N5O/c1-18-4-3-5-19(16-18)17-24(30)25-21-8-6-20(7-9-21)22-10-11-23(27-26-22)29-14-12-28(2)13-15-29/h3-11,16H,12-15,17H2,1-2H3,(H,25,30)/p+1. The molecule has 2 heterocycles. The maximum atomic E-state index is 12.3. The first kappa shape index (κ1) is 20.0. The zero-order chi connectivity index (χ0) is 20.9. The Morgan fingerprint density at radius 1 is 1.03 bits per heavy atom. The quantitative estimate of drug-likeness (QED) is 0.685. The van der Waals surface area contributed by atoms with E-state index in [1.54, 1.807) is 4.90 Å². The molecule has 154 valence electrons. The third-order valence-corrected chi connectivity index (χ3v) is 5.50. The van der Waals surface area contributed by atoms with Gasteiger partial charge in [0.1, 0.15) is 0 Å². The lowest BCUT2D eigenvalue weighted by atomic mass is 10.1. The second kappa shape index (κ2) is 9.05. The smallest absolute Gasteiger partial charge is 0.228 e. The molecule has 0 saturated carbocycles. The molecule has 4 rings (SSSR count). The number of nitrogens with zero attached hydrogens (tertiary/aromatic N) is 3. The average molecular weight is 403 g/mol. The van der Waals surface area contributed by atoms with Crippen LogP contribution in [0.5, 0.6) is 0 Å². The van der Waals surface area contributed by atoms with E-state index in [1.807, 2.05) is 67.6 Å². The number of anilines is 2. The summed E-state index contributed by atoms with van der Waals surface area (Å²) in [5.74, 6) is 0.915. The maximum Gasteiger partial charge on any atom is 0.228 e. The largest absolute Gasteiger partial charge is 0.344 e. The van der Waals surface area contributed by atoms with Crippen molar-refractivity contribution in [3.8, 4) is 11.3 Å². The minimum atomic E-state index is -0.0218. The predicted octanol–water partition coefficient (Wildman–Crippen LogP) is 1.97. The van der Waals surface area contributed by atoms with Crippen molar-refractivity contribution in [1.29, 1.82) is 0 Å². The van der Waals surface area contributed by atoms with Gasteiger partial charge in [0.05, 0.1) is 45.3 Å². The number of benzene rings is 2. The summed E-state index contributed by atoms with van der Waals surface area (Å²) in [6.45, 7) is 6.30. The highest BCUT2D eigenvalue weighted by atomic mass is 16.1. The molecule has 6 heteroatoms. The van der Waals surface area contributed by atoms with E-state index < -0.39 is 0 Å². The van der Waals surface area contributed by atoms with E-state index in [4.69, 9.17) is 0 Å². The highest BCUT2D eigenvalue weighted by molar-refractivity contribution is 5.92. The lowest BCUT2D eigenvalue weighted by Crippen LogP contribution is -3.12. The van der Waals surface area contributed by atoms with E-state index in [9.17, 15) is 4.79 Å². The molecule has 0 spiro atoms. The van der Waals surface area contributed by atoms with Crippen molar-refractivity contribution >= 4 is 17.4 Å². The molecule has 0 unspecified atom stereocenters. The van der Waals surface area contributed by atoms with Crippen LogP contribution in [0.25, 0.3) is 11.3 Å². The third-order valence-electron chi connectivity index (χ3n) is 5.50. The zero-order valence-corrected chi connectivity index (χ0v) is 17.6. The Bertz CT molecular complexity index is 993. The zero-order valence-electron chi connectivity index (χ0n) is 17.6. The van der Waals surface area contributed by atoms with E-state index in [-0.39, 0.29) is 5.91 Å². The van der Waals surface area contributed by atoms with Crippen LogP contribution in [-0.2, 0) is 11.2 Å². The number of quaternary nitrogens is 1. The fraction of sp³-hybridized carbons (Fsp3) is 0.292. The van der Waals surface area contributed by atoms with Gasteiger partial charge in [0.2, 0.25) is 5.91 Å². The first-order valence-electron chi connectivity index (χ1n) is 10.4. The van der Waals surface area contributed by atoms with Gasteiger partial charge in [0.25, 0.3) is 0 Å². The van der Waals surface area contributed by atoms with Gasteiger partial charge in [-0.3, -0.25) is 4.79 Å². The topological polar surface area (TPSA) is 62.6 Å². The molecule has 0 bridgehead atoms. The van der Waals surface area contributed by atoms with Crippen LogP contribution in [0.1, 0.15) is 11.1 Å². The number of aromatic nitrogens is 2. The monoisotopic (exact) mass is 402 g/mol. The molecule has 0 radical (unpaired) electrons. The molecule has 30 heavy (non-hydrogen) atoms. The molecule has 0 atom stereocenters. The second-order valence-electron chi connectivity index (χ2n) is 8.01. The highest BCUT2D eigenvalue weighted by Crippen LogP contribution is 2.21. The molecule has 1 saturated heterocycles. The van der Waals surface area contributed by atoms with Crippen LogP contribution in [0.2, 0.25) is 0 Å². The van der Waals surface area contributed by atoms with Gasteiger partial charge in [-0.2, -0.15) is 0 Å². The molecule has 6 nitrogen and oxygen atoms in total. The number of nitrogens with one attached hydrogen (secondary N) is 2. The Morgan fingerprint density at radius 3 is 2.47 bits per heavy atom. The van der Waals surface area contributed by atoms with Crippen molar-refractivity contribution in [2.75, 3.05) is 43.4 Å². The van der Waals surface area contributed by atoms with E-state index in [0.717, 1.165) is 60.1 Å². The van der Waals surface area contributed by atoms with Gasteiger partial charge in [-0.15, -0.1) is 10.2 Å². The van der Waals surface area contributed by atoms with Crippen molar-refractivity contribution < 1.29 is 9.69 Å². The maximum absolute atomic E-state index is 12.3. The Kier molecular flexibility index (Phi) is 6.05. The number of rotatable bonds is 5. The number of amides is 1. The van der Waals surface area contributed by atoms with Crippen LogP contribution < -0.4 is 15.1 Å². The van der Waals surface area contributed by atoms with Crippen LogP contribution in [0.3, 0.4) is 0 Å². The summed E-state index contributed by atoms with van der Waals surface area (Å²) in [5, 5.41) is 11.8. The van der Waals surface area contributed by atoms with E-state index >= 15 is 0 Å². The van der Waals surface area contributed by atoms with Gasteiger partial charge in [0, 0.05) is 11.3 Å². The Labute approximate surface area is 177 Å². The SMILES string of the molecule is Cc1cccc(CC(=O)Nc2ccc(-c3ccc(N4CC[NH+](C)CC4)nn3)cc2)c1. The summed E-state index contributed by atoms with van der Waals surface area (Å²) in [6, 6.07) is 19.8. The first-order valence-corrected chi connectivity index (χ1v) is 10.4. The number of hydrogen-bond donors (Lipinski definition) is 2. The van der Waals surface area contributed by atoms with Gasteiger partial charge in [0.15, 0.2) is 5.82 Å². The van der Waals surface area contributed by atoms with Crippen molar-refractivity contribution in [2.24, 2.45) is 0 Å². The van der Waals surface area contributed by atoms with Crippen LogP contribution in [-0.4, -0.2) is 49.3 Å². The lowest BCUT2D eigenvalue weighted by Gasteiger charge is -2.30. The number of likely N-dealkylation sites (N-methyl/N-ethyl adjacent to an activating group) is 1. The second-order valence-corrected chi connectivity index (χ2v) is 8.01. The number of carbonyl (C=O) groups is 1. The van der Waals surface area contributed by atoms with Crippen molar-refractivity contribution in [1.82, 2.24) is 10.2 Å². The predicted molar refractivity (Wildman–Crippen MR) is 120 cm³/mol. The molecular weight excluding hydrogens is 374 g/mol. The summed E-state index contributed by atoms with van der Waals surface area (Å²) in [4.78, 5) is 16.2. The van der Waals surface area contributed by atoms with Crippen LogP contribution >= 0.6 is 0 Å². The van der Waals surface area contributed by atoms with Gasteiger partial charge in [-0.05, 0) is 36.8 Å². The van der Waals surface area contributed by atoms with Crippen LogP contribution in [0.15, 0.2) is 60.7 Å². The highest BCUT2D eigenvalue weighted by Gasteiger charge is 2.18. The summed E-state index contributed by atoms with van der Waals surface area (Å²) >= 11 is 0. The summed E-state index contributed by atoms with van der Waals surface area (Å²) in [5.41, 5.74) is 4.76. The minimum absolute atomic E-state index is 0.0218. The van der Waals surface area contributed by atoms with Gasteiger partial charge < -0.3 is 15.1 Å². The molecule has 1 fully saturated rings. The minimum Gasteiger partial charge on any atom is -0.344 e. The van der Waals surface area contributed by atoms with E-state index in [2.05, 4.69) is 27.5 Å². The summed E-state index contributed by atoms with van der Waals surface area (Å²) in [7, 11) is 2.22.